The Bertz CT molecular complexity index is 1330. The summed E-state index contributed by atoms with van der Waals surface area (Å²) in [5.74, 6) is 0.573. The van der Waals surface area contributed by atoms with E-state index in [1.807, 2.05) is 54.6 Å². The second-order valence-electron chi connectivity index (χ2n) is 9.17. The van der Waals surface area contributed by atoms with Gasteiger partial charge in [0.25, 0.3) is 5.91 Å². The second kappa shape index (κ2) is 8.53. The number of amides is 1. The molecule has 1 fully saturated rings. The van der Waals surface area contributed by atoms with Gasteiger partial charge in [-0.15, -0.1) is 10.2 Å². The van der Waals surface area contributed by atoms with E-state index in [9.17, 15) is 4.79 Å². The third-order valence-corrected chi connectivity index (χ3v) is 6.31. The fraction of sp³-hybridized carbons (Fsp3) is 0.360. The molecule has 170 valence electrons. The Labute approximate surface area is 192 Å². The quantitative estimate of drug-likeness (QED) is 0.491. The molecule has 1 saturated heterocycles. The van der Waals surface area contributed by atoms with E-state index in [2.05, 4.69) is 39.6 Å². The van der Waals surface area contributed by atoms with Crippen LogP contribution in [0.4, 0.5) is 0 Å². The van der Waals surface area contributed by atoms with Crippen LogP contribution in [0.15, 0.2) is 48.7 Å². The van der Waals surface area contributed by atoms with Gasteiger partial charge in [-0.25, -0.2) is 4.98 Å². The molecule has 8 heteroatoms. The monoisotopic (exact) mass is 443 g/mol. The standard InChI is InChI=1S/C25H29N7O/c1-15(2)27-25(33)18-5-4-17-6-8-21(28-22(17)12-18)24-30-29-23-9-7-19(13-32(23)24)16(3)31-11-10-20(26)14-31/h4-9,12-13,15-16,20H,10-11,14,26H2,1-3H3,(H,27,33)/t16-,20+/m1/s1. The zero-order valence-corrected chi connectivity index (χ0v) is 19.2. The maximum absolute atomic E-state index is 12.4. The van der Waals surface area contributed by atoms with Crippen LogP contribution in [0.25, 0.3) is 28.1 Å². The summed E-state index contributed by atoms with van der Waals surface area (Å²) in [4.78, 5) is 19.7. The number of nitrogens with one attached hydrogen (secondary N) is 1. The summed E-state index contributed by atoms with van der Waals surface area (Å²) >= 11 is 0. The fourth-order valence-electron chi connectivity index (χ4n) is 4.44. The van der Waals surface area contributed by atoms with Crippen LogP contribution in [0.1, 0.15) is 49.2 Å². The number of carbonyl (C=O) groups is 1. The summed E-state index contributed by atoms with van der Waals surface area (Å²) < 4.78 is 1.99. The van der Waals surface area contributed by atoms with Gasteiger partial charge in [-0.3, -0.25) is 14.1 Å². The van der Waals surface area contributed by atoms with Gasteiger partial charge in [0.2, 0.25) is 0 Å². The van der Waals surface area contributed by atoms with Crippen LogP contribution in [0.3, 0.4) is 0 Å². The molecule has 1 aromatic carbocycles. The molecule has 8 nitrogen and oxygen atoms in total. The van der Waals surface area contributed by atoms with Crippen molar-refractivity contribution in [2.75, 3.05) is 13.1 Å². The van der Waals surface area contributed by atoms with Crippen LogP contribution in [0.2, 0.25) is 0 Å². The van der Waals surface area contributed by atoms with Crippen LogP contribution in [-0.2, 0) is 0 Å². The van der Waals surface area contributed by atoms with Gasteiger partial charge in [-0.1, -0.05) is 18.2 Å². The summed E-state index contributed by atoms with van der Waals surface area (Å²) in [5, 5.41) is 12.6. The number of aromatic nitrogens is 4. The largest absolute Gasteiger partial charge is 0.350 e. The lowest BCUT2D eigenvalue weighted by Crippen LogP contribution is -2.29. The van der Waals surface area contributed by atoms with Gasteiger partial charge in [0.15, 0.2) is 11.5 Å². The number of benzene rings is 1. The number of rotatable bonds is 5. The Balaban J connectivity index is 1.51. The van der Waals surface area contributed by atoms with E-state index in [0.29, 0.717) is 17.1 Å². The van der Waals surface area contributed by atoms with Crippen molar-refractivity contribution >= 4 is 22.5 Å². The molecule has 1 aliphatic rings. The molecule has 2 atom stereocenters. The highest BCUT2D eigenvalue weighted by Crippen LogP contribution is 2.27. The lowest BCUT2D eigenvalue weighted by atomic mass is 10.1. The summed E-state index contributed by atoms with van der Waals surface area (Å²) in [5.41, 5.74) is 10.1. The molecule has 1 amide bonds. The molecule has 0 spiro atoms. The Hall–Kier alpha value is -3.36. The van der Waals surface area contributed by atoms with Gasteiger partial charge in [-0.2, -0.15) is 0 Å². The molecular weight excluding hydrogens is 414 g/mol. The van der Waals surface area contributed by atoms with E-state index in [0.717, 1.165) is 36.1 Å². The van der Waals surface area contributed by atoms with Gasteiger partial charge in [0.05, 0.1) is 5.52 Å². The van der Waals surface area contributed by atoms with E-state index < -0.39 is 0 Å². The minimum Gasteiger partial charge on any atom is -0.350 e. The average molecular weight is 444 g/mol. The lowest BCUT2D eigenvalue weighted by molar-refractivity contribution is 0.0943. The van der Waals surface area contributed by atoms with Crippen molar-refractivity contribution in [2.24, 2.45) is 5.73 Å². The third-order valence-electron chi connectivity index (χ3n) is 6.31. The smallest absolute Gasteiger partial charge is 0.251 e. The van der Waals surface area contributed by atoms with E-state index in [1.54, 1.807) is 0 Å². The first-order valence-corrected chi connectivity index (χ1v) is 11.5. The van der Waals surface area contributed by atoms with Crippen LogP contribution in [-0.4, -0.2) is 55.6 Å². The Morgan fingerprint density at radius 3 is 2.70 bits per heavy atom. The molecule has 4 heterocycles. The van der Waals surface area contributed by atoms with E-state index >= 15 is 0 Å². The van der Waals surface area contributed by atoms with Crippen LogP contribution >= 0.6 is 0 Å². The summed E-state index contributed by atoms with van der Waals surface area (Å²) in [7, 11) is 0. The normalized spacial score (nSPS) is 17.8. The van der Waals surface area contributed by atoms with E-state index in [1.165, 1.54) is 5.56 Å². The van der Waals surface area contributed by atoms with Crippen LogP contribution in [0.5, 0.6) is 0 Å². The lowest BCUT2D eigenvalue weighted by Gasteiger charge is -2.24. The molecule has 5 rings (SSSR count). The molecule has 0 radical (unpaired) electrons. The first-order chi connectivity index (χ1) is 15.9. The SMILES string of the molecule is CC(C)NC(=O)c1ccc2ccc(-c3nnc4ccc([C@@H](C)N5CC[C@H](N)C5)cn34)nc2c1. The maximum atomic E-state index is 12.4. The highest BCUT2D eigenvalue weighted by atomic mass is 16.1. The van der Waals surface area contributed by atoms with Gasteiger partial charge in [0, 0.05) is 48.4 Å². The molecule has 1 aliphatic heterocycles. The van der Waals surface area contributed by atoms with Crippen molar-refractivity contribution in [1.29, 1.82) is 0 Å². The summed E-state index contributed by atoms with van der Waals surface area (Å²) in [6.45, 7) is 8.01. The van der Waals surface area contributed by atoms with E-state index in [-0.39, 0.29) is 24.0 Å². The highest BCUT2D eigenvalue weighted by molar-refractivity contribution is 5.98. The predicted molar refractivity (Wildman–Crippen MR) is 129 cm³/mol. The Morgan fingerprint density at radius 1 is 1.12 bits per heavy atom. The summed E-state index contributed by atoms with van der Waals surface area (Å²) in [6, 6.07) is 14.2. The first kappa shape index (κ1) is 21.5. The number of hydrogen-bond donors (Lipinski definition) is 2. The first-order valence-electron chi connectivity index (χ1n) is 11.5. The molecule has 0 saturated carbocycles. The molecule has 3 aromatic heterocycles. The number of carbonyl (C=O) groups excluding carboxylic acids is 1. The molecule has 0 aliphatic carbocycles. The molecule has 0 unspecified atom stereocenters. The number of fused-ring (bicyclic) bond motifs is 2. The fourth-order valence-corrected chi connectivity index (χ4v) is 4.44. The average Bonchev–Trinajstić information content (AvgIpc) is 3.43. The van der Waals surface area contributed by atoms with Crippen molar-refractivity contribution in [2.45, 2.75) is 45.3 Å². The van der Waals surface area contributed by atoms with Gasteiger partial charge >= 0.3 is 0 Å². The maximum Gasteiger partial charge on any atom is 0.251 e. The molecule has 33 heavy (non-hydrogen) atoms. The zero-order valence-electron chi connectivity index (χ0n) is 19.2. The molecule has 4 aromatic rings. The van der Waals surface area contributed by atoms with Crippen LogP contribution < -0.4 is 11.1 Å². The minimum atomic E-state index is -0.104. The van der Waals surface area contributed by atoms with Gasteiger partial charge in [-0.05, 0) is 57.0 Å². The molecule has 0 bridgehead atoms. The Morgan fingerprint density at radius 2 is 1.94 bits per heavy atom. The molecular formula is C25H29N7O. The Kier molecular flexibility index (Phi) is 5.55. The van der Waals surface area contributed by atoms with Crippen molar-refractivity contribution in [3.63, 3.8) is 0 Å². The predicted octanol–water partition coefficient (Wildman–Crippen LogP) is 3.18. The number of hydrogen-bond acceptors (Lipinski definition) is 6. The zero-order chi connectivity index (χ0) is 23.1. The summed E-state index contributed by atoms with van der Waals surface area (Å²) in [6.07, 6.45) is 3.13. The topological polar surface area (TPSA) is 101 Å². The number of nitrogens with zero attached hydrogens (tertiary/aromatic N) is 5. The number of likely N-dealkylation sites (tertiary alicyclic amines) is 1. The van der Waals surface area contributed by atoms with E-state index in [4.69, 9.17) is 10.7 Å². The number of pyridine rings is 2. The van der Waals surface area contributed by atoms with Crippen molar-refractivity contribution < 1.29 is 4.79 Å². The van der Waals surface area contributed by atoms with Gasteiger partial charge in [0.1, 0.15) is 5.69 Å². The highest BCUT2D eigenvalue weighted by Gasteiger charge is 2.25. The number of nitrogens with two attached hydrogens (primary N) is 1. The van der Waals surface area contributed by atoms with Crippen molar-refractivity contribution in [1.82, 2.24) is 29.8 Å². The van der Waals surface area contributed by atoms with Crippen molar-refractivity contribution in [3.05, 3.63) is 59.8 Å². The molecule has 3 N–H and O–H groups in total. The van der Waals surface area contributed by atoms with Crippen molar-refractivity contribution in [3.8, 4) is 11.5 Å². The van der Waals surface area contributed by atoms with Gasteiger partial charge < -0.3 is 11.1 Å². The third kappa shape index (κ3) is 4.19. The van der Waals surface area contributed by atoms with Crippen LogP contribution in [0, 0.1) is 0 Å². The second-order valence-corrected chi connectivity index (χ2v) is 9.17. The minimum absolute atomic E-state index is 0.0720.